The highest BCUT2D eigenvalue weighted by atomic mass is 32.2. The second-order valence-electron chi connectivity index (χ2n) is 5.32. The number of hydrogen-bond donors (Lipinski definition) is 2. The van der Waals surface area contributed by atoms with Gasteiger partial charge in [0.25, 0.3) is 0 Å². The molecule has 20 heavy (non-hydrogen) atoms. The van der Waals surface area contributed by atoms with Gasteiger partial charge in [0.05, 0.1) is 16.3 Å². The van der Waals surface area contributed by atoms with E-state index in [2.05, 4.69) is 16.5 Å². The normalized spacial score (nSPS) is 20.7. The zero-order chi connectivity index (χ0) is 14.8. The monoisotopic (exact) mass is 297 g/mol. The molecular weight excluding hydrogens is 274 g/mol. The fourth-order valence-corrected chi connectivity index (χ4v) is 3.48. The van der Waals surface area contributed by atoms with E-state index >= 15 is 0 Å². The van der Waals surface area contributed by atoms with Crippen molar-refractivity contribution in [2.75, 3.05) is 24.2 Å². The lowest BCUT2D eigenvalue weighted by molar-refractivity contribution is 0.588. The zero-order valence-electron chi connectivity index (χ0n) is 12.1. The number of nitrogens with one attached hydrogen (secondary N) is 1. The summed E-state index contributed by atoms with van der Waals surface area (Å²) in [6, 6.07) is 5.42. The van der Waals surface area contributed by atoms with E-state index in [4.69, 9.17) is 5.73 Å². The van der Waals surface area contributed by atoms with Crippen LogP contribution in [0, 0.1) is 0 Å². The van der Waals surface area contributed by atoms with Gasteiger partial charge in [-0.1, -0.05) is 12.8 Å². The number of nitrogen functional groups attached to an aromatic ring is 1. The van der Waals surface area contributed by atoms with E-state index in [-0.39, 0.29) is 4.90 Å². The molecule has 3 N–H and O–H groups in total. The molecule has 0 saturated carbocycles. The van der Waals surface area contributed by atoms with Crippen molar-refractivity contribution in [3.05, 3.63) is 18.2 Å². The van der Waals surface area contributed by atoms with Gasteiger partial charge in [0.1, 0.15) is 0 Å². The van der Waals surface area contributed by atoms with Gasteiger partial charge in [0.2, 0.25) is 10.0 Å². The standard InChI is InChI=1S/C14H23N3O2S/c1-11-6-4-3-5-9-17(11)14-8-7-12(10-13(14)15)20(18,19)16-2/h7-8,10-11,16H,3-6,9,15H2,1-2H3. The average molecular weight is 297 g/mol. The Morgan fingerprint density at radius 3 is 2.70 bits per heavy atom. The average Bonchev–Trinajstić information content (AvgIpc) is 2.63. The Balaban J connectivity index is 2.34. The van der Waals surface area contributed by atoms with E-state index in [0.29, 0.717) is 11.7 Å². The van der Waals surface area contributed by atoms with Crippen LogP contribution in [0.4, 0.5) is 11.4 Å². The third kappa shape index (κ3) is 3.07. The summed E-state index contributed by atoms with van der Waals surface area (Å²) < 4.78 is 25.9. The first-order valence-electron chi connectivity index (χ1n) is 7.05. The molecule has 1 aliphatic rings. The number of nitrogens with two attached hydrogens (primary N) is 1. The van der Waals surface area contributed by atoms with Crippen LogP contribution in [0.25, 0.3) is 0 Å². The van der Waals surface area contributed by atoms with Gasteiger partial charge in [-0.2, -0.15) is 0 Å². The second kappa shape index (κ2) is 6.01. The van der Waals surface area contributed by atoms with Crippen molar-refractivity contribution in [2.24, 2.45) is 0 Å². The number of nitrogens with zero attached hydrogens (tertiary/aromatic N) is 1. The molecule has 0 amide bonds. The fourth-order valence-electron chi connectivity index (χ4n) is 2.71. The lowest BCUT2D eigenvalue weighted by Crippen LogP contribution is -2.33. The molecule has 0 radical (unpaired) electrons. The molecule has 1 fully saturated rings. The van der Waals surface area contributed by atoms with Gasteiger partial charge < -0.3 is 10.6 Å². The number of anilines is 2. The molecule has 0 aliphatic carbocycles. The van der Waals surface area contributed by atoms with Crippen LogP contribution in [-0.4, -0.2) is 28.1 Å². The van der Waals surface area contributed by atoms with Gasteiger partial charge in [0, 0.05) is 12.6 Å². The summed E-state index contributed by atoms with van der Waals surface area (Å²) >= 11 is 0. The van der Waals surface area contributed by atoms with Crippen molar-refractivity contribution in [2.45, 2.75) is 43.5 Å². The number of benzene rings is 1. The Labute approximate surface area is 121 Å². The van der Waals surface area contributed by atoms with Gasteiger partial charge in [-0.05, 0) is 45.0 Å². The molecule has 1 saturated heterocycles. The predicted molar refractivity (Wildman–Crippen MR) is 82.4 cm³/mol. The molecule has 1 aromatic rings. The maximum atomic E-state index is 11.8. The van der Waals surface area contributed by atoms with E-state index in [0.717, 1.165) is 25.1 Å². The van der Waals surface area contributed by atoms with Crippen molar-refractivity contribution in [1.29, 1.82) is 0 Å². The minimum Gasteiger partial charge on any atom is -0.397 e. The Hall–Kier alpha value is -1.27. The van der Waals surface area contributed by atoms with E-state index in [1.165, 1.54) is 19.9 Å². The van der Waals surface area contributed by atoms with Gasteiger partial charge in [-0.15, -0.1) is 0 Å². The Kier molecular flexibility index (Phi) is 4.55. The third-order valence-electron chi connectivity index (χ3n) is 3.94. The van der Waals surface area contributed by atoms with Crippen LogP contribution < -0.4 is 15.4 Å². The topological polar surface area (TPSA) is 75.4 Å². The number of rotatable bonds is 3. The van der Waals surface area contributed by atoms with E-state index in [1.54, 1.807) is 12.1 Å². The summed E-state index contributed by atoms with van der Waals surface area (Å²) in [6.45, 7) is 3.17. The number of sulfonamides is 1. The van der Waals surface area contributed by atoms with Crippen molar-refractivity contribution in [1.82, 2.24) is 4.72 Å². The highest BCUT2D eigenvalue weighted by molar-refractivity contribution is 7.89. The number of hydrogen-bond acceptors (Lipinski definition) is 4. The highest BCUT2D eigenvalue weighted by Gasteiger charge is 2.20. The molecular formula is C14H23N3O2S. The Morgan fingerprint density at radius 2 is 2.05 bits per heavy atom. The van der Waals surface area contributed by atoms with Crippen LogP contribution in [0.3, 0.4) is 0 Å². The lowest BCUT2D eigenvalue weighted by atomic mass is 10.1. The minimum absolute atomic E-state index is 0.212. The summed E-state index contributed by atoms with van der Waals surface area (Å²) in [5, 5.41) is 0. The molecule has 1 heterocycles. The van der Waals surface area contributed by atoms with Crippen LogP contribution in [-0.2, 0) is 10.0 Å². The maximum absolute atomic E-state index is 11.8. The lowest BCUT2D eigenvalue weighted by Gasteiger charge is -2.30. The Morgan fingerprint density at radius 1 is 1.30 bits per heavy atom. The predicted octanol–water partition coefficient (Wildman–Crippen LogP) is 1.95. The fraction of sp³-hybridized carbons (Fsp3) is 0.571. The largest absolute Gasteiger partial charge is 0.397 e. The molecule has 0 aromatic heterocycles. The molecule has 5 nitrogen and oxygen atoms in total. The van der Waals surface area contributed by atoms with E-state index in [9.17, 15) is 8.42 Å². The van der Waals surface area contributed by atoms with E-state index in [1.807, 2.05) is 6.07 Å². The molecule has 1 atom stereocenters. The molecule has 1 aromatic carbocycles. The zero-order valence-corrected chi connectivity index (χ0v) is 12.9. The summed E-state index contributed by atoms with van der Waals surface area (Å²) in [4.78, 5) is 2.50. The van der Waals surface area contributed by atoms with Crippen molar-refractivity contribution >= 4 is 21.4 Å². The molecule has 0 bridgehead atoms. The smallest absolute Gasteiger partial charge is 0.240 e. The molecule has 1 aliphatic heterocycles. The van der Waals surface area contributed by atoms with Crippen LogP contribution in [0.5, 0.6) is 0 Å². The van der Waals surface area contributed by atoms with Crippen molar-refractivity contribution in [3.63, 3.8) is 0 Å². The van der Waals surface area contributed by atoms with Crippen LogP contribution in [0.15, 0.2) is 23.1 Å². The SMILES string of the molecule is CNS(=O)(=O)c1ccc(N2CCCCCC2C)c(N)c1. The van der Waals surface area contributed by atoms with Crippen LogP contribution in [0.1, 0.15) is 32.6 Å². The van der Waals surface area contributed by atoms with Gasteiger partial charge in [-0.25, -0.2) is 13.1 Å². The molecule has 1 unspecified atom stereocenters. The van der Waals surface area contributed by atoms with Gasteiger partial charge >= 0.3 is 0 Å². The first-order valence-corrected chi connectivity index (χ1v) is 8.54. The first-order chi connectivity index (χ1) is 9.45. The molecule has 0 spiro atoms. The molecule has 2 rings (SSSR count). The van der Waals surface area contributed by atoms with E-state index < -0.39 is 10.0 Å². The summed E-state index contributed by atoms with van der Waals surface area (Å²) in [7, 11) is -2.04. The van der Waals surface area contributed by atoms with Gasteiger partial charge in [-0.3, -0.25) is 0 Å². The molecule has 112 valence electrons. The third-order valence-corrected chi connectivity index (χ3v) is 5.35. The highest BCUT2D eigenvalue weighted by Crippen LogP contribution is 2.30. The maximum Gasteiger partial charge on any atom is 0.240 e. The quantitative estimate of drug-likeness (QED) is 0.836. The minimum atomic E-state index is -3.44. The summed E-state index contributed by atoms with van der Waals surface area (Å²) in [5.74, 6) is 0. The Bertz CT molecular complexity index is 572. The van der Waals surface area contributed by atoms with Gasteiger partial charge in [0.15, 0.2) is 0 Å². The van der Waals surface area contributed by atoms with Crippen LogP contribution in [0.2, 0.25) is 0 Å². The van der Waals surface area contributed by atoms with Crippen molar-refractivity contribution < 1.29 is 8.42 Å². The summed E-state index contributed by atoms with van der Waals surface area (Å²) in [5.41, 5.74) is 7.55. The first kappa shape index (κ1) is 15.1. The van der Waals surface area contributed by atoms with Crippen LogP contribution >= 0.6 is 0 Å². The van der Waals surface area contributed by atoms with Crippen molar-refractivity contribution in [3.8, 4) is 0 Å². The molecule has 6 heteroatoms. The second-order valence-corrected chi connectivity index (χ2v) is 7.21. The summed E-state index contributed by atoms with van der Waals surface area (Å²) in [6.07, 6.45) is 4.78.